The van der Waals surface area contributed by atoms with Gasteiger partial charge < -0.3 is 14.6 Å². The molecule has 6 nitrogen and oxygen atoms in total. The molecule has 0 radical (unpaired) electrons. The molecule has 2 bridgehead atoms. The summed E-state index contributed by atoms with van der Waals surface area (Å²) < 4.78 is 12.1. The highest BCUT2D eigenvalue weighted by Crippen LogP contribution is 2.41. The fourth-order valence-electron chi connectivity index (χ4n) is 4.16. The number of nitrogens with zero attached hydrogens (tertiary/aromatic N) is 2. The van der Waals surface area contributed by atoms with Crippen LogP contribution in [0.4, 0.5) is 0 Å². The second-order valence-corrected chi connectivity index (χ2v) is 9.18. The maximum Gasteiger partial charge on any atom is 0.331 e. The highest BCUT2D eigenvalue weighted by molar-refractivity contribution is 7.11. The Balaban J connectivity index is 1.57. The van der Waals surface area contributed by atoms with E-state index < -0.39 is 11.4 Å². The maximum absolute atomic E-state index is 11.7. The number of morpholine rings is 1. The minimum atomic E-state index is -0.908. The summed E-state index contributed by atoms with van der Waals surface area (Å²) >= 11 is 1.60. The van der Waals surface area contributed by atoms with Crippen LogP contribution >= 0.6 is 11.3 Å². The van der Waals surface area contributed by atoms with Crippen molar-refractivity contribution >= 4 is 17.3 Å². The molecule has 2 saturated heterocycles. The maximum atomic E-state index is 11.7. The van der Waals surface area contributed by atoms with E-state index >= 15 is 0 Å². The number of carboxylic acids is 1. The number of rotatable bonds is 5. The number of allylic oxidation sites excluding steroid dienone is 2. The number of aromatic nitrogens is 1. The Morgan fingerprint density at radius 1 is 1.58 bits per heavy atom. The molecule has 0 amide bonds. The second-order valence-electron chi connectivity index (χ2n) is 7.95. The van der Waals surface area contributed by atoms with Crippen molar-refractivity contribution in [3.05, 3.63) is 39.6 Å². The van der Waals surface area contributed by atoms with Crippen LogP contribution in [0.3, 0.4) is 0 Å². The molecular weight excluding hydrogens is 352 g/mol. The molecule has 7 heteroatoms. The Morgan fingerprint density at radius 3 is 2.96 bits per heavy atom. The summed E-state index contributed by atoms with van der Waals surface area (Å²) in [5.74, 6) is -0.311. The Morgan fingerprint density at radius 2 is 2.38 bits per heavy atom. The zero-order chi connectivity index (χ0) is 18.5. The number of thiazole rings is 1. The van der Waals surface area contributed by atoms with Gasteiger partial charge in [0.2, 0.25) is 0 Å². The molecule has 3 aliphatic rings. The van der Waals surface area contributed by atoms with Gasteiger partial charge in [-0.3, -0.25) is 4.90 Å². The third kappa shape index (κ3) is 3.08. The fraction of sp³-hybridized carbons (Fsp3) is 0.579. The number of hydrogen-bond acceptors (Lipinski definition) is 6. The Hall–Kier alpha value is -1.70. The lowest BCUT2D eigenvalue weighted by atomic mass is 9.80. The van der Waals surface area contributed by atoms with Gasteiger partial charge in [0.1, 0.15) is 23.0 Å². The van der Waals surface area contributed by atoms with E-state index in [1.807, 2.05) is 26.1 Å². The lowest BCUT2D eigenvalue weighted by Gasteiger charge is -2.32. The summed E-state index contributed by atoms with van der Waals surface area (Å²) in [5, 5.41) is 10.5. The molecule has 0 spiro atoms. The fourth-order valence-corrected chi connectivity index (χ4v) is 5.04. The molecule has 1 aliphatic carbocycles. The number of carboxylic acid groups (broad SMARTS) is 1. The van der Waals surface area contributed by atoms with Gasteiger partial charge in [-0.2, -0.15) is 0 Å². The van der Waals surface area contributed by atoms with E-state index in [4.69, 9.17) is 9.47 Å². The zero-order valence-electron chi connectivity index (χ0n) is 15.3. The molecule has 26 heavy (non-hydrogen) atoms. The largest absolute Gasteiger partial charge is 0.491 e. The molecule has 2 aliphatic heterocycles. The summed E-state index contributed by atoms with van der Waals surface area (Å²) in [4.78, 5) is 19.6. The number of ether oxygens (including phenoxy) is 2. The van der Waals surface area contributed by atoms with Gasteiger partial charge in [0.15, 0.2) is 0 Å². The van der Waals surface area contributed by atoms with Crippen molar-refractivity contribution in [2.24, 2.45) is 0 Å². The first-order valence-corrected chi connectivity index (χ1v) is 9.67. The number of aliphatic carboxylic acids is 1. The number of carbonyl (C=O) groups is 1. The van der Waals surface area contributed by atoms with Crippen LogP contribution in [0.1, 0.15) is 29.7 Å². The lowest BCUT2D eigenvalue weighted by molar-refractivity contribution is -0.133. The molecule has 3 atom stereocenters. The van der Waals surface area contributed by atoms with Crippen LogP contribution in [-0.4, -0.2) is 59.4 Å². The predicted molar refractivity (Wildman–Crippen MR) is 98.3 cm³/mol. The van der Waals surface area contributed by atoms with Gasteiger partial charge in [0.05, 0.1) is 6.61 Å². The van der Waals surface area contributed by atoms with Crippen molar-refractivity contribution in [1.82, 2.24) is 9.88 Å². The van der Waals surface area contributed by atoms with E-state index in [0.717, 1.165) is 29.5 Å². The van der Waals surface area contributed by atoms with Crippen molar-refractivity contribution in [2.75, 3.05) is 26.8 Å². The quantitative estimate of drug-likeness (QED) is 0.851. The van der Waals surface area contributed by atoms with Crippen LogP contribution in [-0.2, 0) is 19.7 Å². The Bertz CT molecular complexity index is 797. The predicted octanol–water partition coefficient (Wildman–Crippen LogP) is 2.50. The summed E-state index contributed by atoms with van der Waals surface area (Å²) in [6.07, 6.45) is 6.87. The number of likely N-dealkylation sites (tertiary alicyclic amines) is 1. The molecule has 3 unspecified atom stereocenters. The molecule has 1 aromatic heterocycles. The average molecular weight is 376 g/mol. The topological polar surface area (TPSA) is 71.9 Å². The van der Waals surface area contributed by atoms with E-state index in [1.54, 1.807) is 17.4 Å². The van der Waals surface area contributed by atoms with Gasteiger partial charge in [-0.15, -0.1) is 11.3 Å². The highest BCUT2D eigenvalue weighted by atomic mass is 32.1. The number of hydrogen-bond donors (Lipinski definition) is 1. The van der Waals surface area contributed by atoms with Crippen molar-refractivity contribution in [1.29, 1.82) is 0 Å². The first-order chi connectivity index (χ1) is 12.3. The van der Waals surface area contributed by atoms with Gasteiger partial charge in [0.25, 0.3) is 0 Å². The summed E-state index contributed by atoms with van der Waals surface area (Å²) in [5.41, 5.74) is -0.396. The van der Waals surface area contributed by atoms with Crippen LogP contribution in [0.15, 0.2) is 29.7 Å². The summed E-state index contributed by atoms with van der Waals surface area (Å²) in [6.45, 7) is 6.06. The lowest BCUT2D eigenvalue weighted by Crippen LogP contribution is -2.43. The van der Waals surface area contributed by atoms with Gasteiger partial charge >= 0.3 is 5.97 Å². The van der Waals surface area contributed by atoms with Crippen LogP contribution in [0, 0.1) is 6.92 Å². The van der Waals surface area contributed by atoms with Crippen molar-refractivity contribution < 1.29 is 19.4 Å². The molecule has 1 aromatic rings. The highest BCUT2D eigenvalue weighted by Gasteiger charge is 2.50. The van der Waals surface area contributed by atoms with Gasteiger partial charge in [-0.25, -0.2) is 9.78 Å². The number of fused-ring (bicyclic) bond motifs is 2. The van der Waals surface area contributed by atoms with E-state index in [1.165, 1.54) is 0 Å². The normalized spacial score (nSPS) is 33.9. The molecule has 1 N–H and O–H groups in total. The van der Waals surface area contributed by atoms with Gasteiger partial charge in [-0.05, 0) is 45.9 Å². The standard InChI is InChI=1S/C19H24N2O4S/c1-12-8-20-17(26-12)18(2)5-13(16(22)23)4-15(7-18)24-11-19-6-14(9-25-19)21(3)10-19/h4,7-8,14H,5-6,9-11H2,1-3H3,(H,22,23). The number of aryl methyl sites for hydroxylation is 1. The molecule has 2 fully saturated rings. The molecule has 0 aromatic carbocycles. The van der Waals surface area contributed by atoms with E-state index in [9.17, 15) is 9.90 Å². The first kappa shape index (κ1) is 17.7. The Labute approximate surface area is 157 Å². The molecular formula is C19H24N2O4S. The van der Waals surface area contributed by atoms with Crippen molar-refractivity contribution in [3.63, 3.8) is 0 Å². The summed E-state index contributed by atoms with van der Waals surface area (Å²) in [7, 11) is 2.11. The SMILES string of the molecule is Cc1cnc(C2(C)C=C(OCC34CC(CO3)N(C)C4)C=C(C(=O)O)C2)s1. The third-order valence-corrected chi connectivity index (χ3v) is 6.76. The van der Waals surface area contributed by atoms with Crippen LogP contribution in [0.2, 0.25) is 0 Å². The van der Waals surface area contributed by atoms with Gasteiger partial charge in [-0.1, -0.05) is 0 Å². The third-order valence-electron chi connectivity index (χ3n) is 5.57. The summed E-state index contributed by atoms with van der Waals surface area (Å²) in [6, 6.07) is 0.465. The second kappa shape index (κ2) is 6.18. The minimum Gasteiger partial charge on any atom is -0.491 e. The molecule has 4 rings (SSSR count). The Kier molecular flexibility index (Phi) is 4.21. The molecule has 3 heterocycles. The van der Waals surface area contributed by atoms with E-state index in [2.05, 4.69) is 16.9 Å². The zero-order valence-corrected chi connectivity index (χ0v) is 16.1. The molecule has 140 valence electrons. The van der Waals surface area contributed by atoms with Crippen LogP contribution in [0.5, 0.6) is 0 Å². The van der Waals surface area contributed by atoms with Gasteiger partial charge in [0, 0.05) is 34.6 Å². The van der Waals surface area contributed by atoms with Crippen molar-refractivity contribution in [2.45, 2.75) is 43.7 Å². The van der Waals surface area contributed by atoms with Crippen molar-refractivity contribution in [3.8, 4) is 0 Å². The smallest absolute Gasteiger partial charge is 0.331 e. The minimum absolute atomic E-state index is 0.275. The van der Waals surface area contributed by atoms with E-state index in [0.29, 0.717) is 30.4 Å². The monoisotopic (exact) mass is 376 g/mol. The first-order valence-electron chi connectivity index (χ1n) is 8.85. The van der Waals surface area contributed by atoms with Crippen LogP contribution < -0.4 is 0 Å². The van der Waals surface area contributed by atoms with Crippen LogP contribution in [0.25, 0.3) is 0 Å². The molecule has 0 saturated carbocycles. The van der Waals surface area contributed by atoms with E-state index in [-0.39, 0.29) is 5.60 Å². The average Bonchev–Trinajstić information content (AvgIpc) is 3.27. The number of likely N-dealkylation sites (N-methyl/N-ethyl adjacent to an activating group) is 1.